The molecule has 2 heterocycles. The zero-order valence-electron chi connectivity index (χ0n) is 11.8. The van der Waals surface area contributed by atoms with Gasteiger partial charge >= 0.3 is 0 Å². The number of hydrogen-bond acceptors (Lipinski definition) is 2. The Morgan fingerprint density at radius 1 is 1.32 bits per heavy atom. The number of aryl methyl sites for hydroxylation is 1. The van der Waals surface area contributed by atoms with E-state index in [9.17, 15) is 0 Å². The second-order valence-corrected chi connectivity index (χ2v) is 5.55. The molecule has 0 atom stereocenters. The second kappa shape index (κ2) is 5.25. The van der Waals surface area contributed by atoms with Crippen LogP contribution >= 0.6 is 0 Å². The van der Waals surface area contributed by atoms with Crippen LogP contribution in [-0.4, -0.2) is 24.8 Å². The number of aromatic nitrogens is 1. The number of hydrogen-bond donors (Lipinski definition) is 1. The average Bonchev–Trinajstić information content (AvgIpc) is 2.76. The molecule has 3 nitrogen and oxygen atoms in total. The van der Waals surface area contributed by atoms with Crippen molar-refractivity contribution >= 4 is 10.9 Å². The van der Waals surface area contributed by atoms with E-state index in [0.717, 1.165) is 11.7 Å². The SMILES string of the molecule is COc1ccc2c(c1)c(CC1CCNCC1)cn2C. The monoisotopic (exact) mass is 258 g/mol. The first-order chi connectivity index (χ1) is 9.28. The molecule has 1 saturated heterocycles. The van der Waals surface area contributed by atoms with Crippen molar-refractivity contribution in [1.29, 1.82) is 0 Å². The number of fused-ring (bicyclic) bond motifs is 1. The zero-order valence-corrected chi connectivity index (χ0v) is 11.8. The molecular formula is C16H22N2O. The minimum Gasteiger partial charge on any atom is -0.497 e. The summed E-state index contributed by atoms with van der Waals surface area (Å²) in [6, 6.07) is 6.36. The van der Waals surface area contributed by atoms with Crippen molar-refractivity contribution in [1.82, 2.24) is 9.88 Å². The molecule has 0 amide bonds. The normalized spacial score (nSPS) is 16.9. The number of methoxy groups -OCH3 is 1. The molecule has 19 heavy (non-hydrogen) atoms. The van der Waals surface area contributed by atoms with Crippen LogP contribution in [0.3, 0.4) is 0 Å². The Hall–Kier alpha value is -1.48. The Bertz CT molecular complexity index is 567. The first-order valence-electron chi connectivity index (χ1n) is 7.10. The molecule has 1 aromatic heterocycles. The Kier molecular flexibility index (Phi) is 3.47. The van der Waals surface area contributed by atoms with Crippen LogP contribution in [0.1, 0.15) is 18.4 Å². The number of piperidine rings is 1. The lowest BCUT2D eigenvalue weighted by Gasteiger charge is -2.22. The first kappa shape index (κ1) is 12.5. The van der Waals surface area contributed by atoms with Crippen LogP contribution in [-0.2, 0) is 13.5 Å². The molecule has 0 bridgehead atoms. The molecule has 2 aromatic rings. The number of benzene rings is 1. The molecule has 1 aliphatic heterocycles. The Balaban J connectivity index is 1.93. The van der Waals surface area contributed by atoms with Gasteiger partial charge in [-0.3, -0.25) is 0 Å². The van der Waals surface area contributed by atoms with E-state index in [1.54, 1.807) is 7.11 Å². The topological polar surface area (TPSA) is 26.2 Å². The fourth-order valence-corrected chi connectivity index (χ4v) is 3.14. The van der Waals surface area contributed by atoms with Crippen LogP contribution in [0.25, 0.3) is 10.9 Å². The van der Waals surface area contributed by atoms with Crippen molar-refractivity contribution in [2.45, 2.75) is 19.3 Å². The number of nitrogens with one attached hydrogen (secondary N) is 1. The summed E-state index contributed by atoms with van der Waals surface area (Å²) in [7, 11) is 3.86. The van der Waals surface area contributed by atoms with Crippen molar-refractivity contribution in [3.63, 3.8) is 0 Å². The molecule has 3 rings (SSSR count). The molecular weight excluding hydrogens is 236 g/mol. The molecule has 1 N–H and O–H groups in total. The Labute approximate surface area is 114 Å². The van der Waals surface area contributed by atoms with Gasteiger partial charge in [-0.15, -0.1) is 0 Å². The predicted octanol–water partition coefficient (Wildman–Crippen LogP) is 2.73. The van der Waals surface area contributed by atoms with Crippen molar-refractivity contribution in [2.24, 2.45) is 13.0 Å². The minimum atomic E-state index is 0.818. The lowest BCUT2D eigenvalue weighted by Crippen LogP contribution is -2.28. The maximum absolute atomic E-state index is 5.36. The average molecular weight is 258 g/mol. The summed E-state index contributed by atoms with van der Waals surface area (Å²) < 4.78 is 7.58. The highest BCUT2D eigenvalue weighted by Gasteiger charge is 2.16. The molecule has 1 aromatic carbocycles. The lowest BCUT2D eigenvalue weighted by atomic mass is 9.91. The van der Waals surface area contributed by atoms with Gasteiger partial charge in [-0.1, -0.05) is 0 Å². The lowest BCUT2D eigenvalue weighted by molar-refractivity contribution is 0.373. The maximum Gasteiger partial charge on any atom is 0.119 e. The maximum atomic E-state index is 5.36. The van der Waals surface area contributed by atoms with Crippen LogP contribution in [0.2, 0.25) is 0 Å². The van der Waals surface area contributed by atoms with E-state index >= 15 is 0 Å². The van der Waals surface area contributed by atoms with Crippen LogP contribution in [0, 0.1) is 5.92 Å². The molecule has 0 aliphatic carbocycles. The predicted molar refractivity (Wildman–Crippen MR) is 78.8 cm³/mol. The van der Waals surface area contributed by atoms with Gasteiger partial charge in [0.25, 0.3) is 0 Å². The molecule has 0 unspecified atom stereocenters. The largest absolute Gasteiger partial charge is 0.497 e. The number of rotatable bonds is 3. The van der Waals surface area contributed by atoms with E-state index in [-0.39, 0.29) is 0 Å². The summed E-state index contributed by atoms with van der Waals surface area (Å²) in [6.45, 7) is 2.33. The molecule has 0 saturated carbocycles. The van der Waals surface area contributed by atoms with Gasteiger partial charge in [-0.25, -0.2) is 0 Å². The van der Waals surface area contributed by atoms with Gasteiger partial charge in [0.1, 0.15) is 5.75 Å². The molecule has 0 spiro atoms. The Morgan fingerprint density at radius 3 is 2.84 bits per heavy atom. The fraction of sp³-hybridized carbons (Fsp3) is 0.500. The summed E-state index contributed by atoms with van der Waals surface area (Å²) in [5.74, 6) is 1.77. The van der Waals surface area contributed by atoms with Gasteiger partial charge in [0.2, 0.25) is 0 Å². The molecule has 1 aliphatic rings. The number of ether oxygens (including phenoxy) is 1. The molecule has 0 radical (unpaired) electrons. The van der Waals surface area contributed by atoms with Gasteiger partial charge in [0, 0.05) is 24.1 Å². The summed E-state index contributed by atoms with van der Waals surface area (Å²) in [6.07, 6.45) is 6.05. The van der Waals surface area contributed by atoms with Crippen LogP contribution in [0.4, 0.5) is 0 Å². The van der Waals surface area contributed by atoms with Gasteiger partial charge in [-0.2, -0.15) is 0 Å². The summed E-state index contributed by atoms with van der Waals surface area (Å²) in [4.78, 5) is 0. The van der Waals surface area contributed by atoms with Crippen molar-refractivity contribution in [2.75, 3.05) is 20.2 Å². The quantitative estimate of drug-likeness (QED) is 0.916. The van der Waals surface area contributed by atoms with E-state index in [1.807, 2.05) is 6.07 Å². The van der Waals surface area contributed by atoms with Crippen LogP contribution in [0.15, 0.2) is 24.4 Å². The highest BCUT2D eigenvalue weighted by molar-refractivity contribution is 5.85. The summed E-state index contributed by atoms with van der Waals surface area (Å²) in [5, 5.41) is 4.78. The highest BCUT2D eigenvalue weighted by atomic mass is 16.5. The van der Waals surface area contributed by atoms with Crippen molar-refractivity contribution in [3.05, 3.63) is 30.0 Å². The second-order valence-electron chi connectivity index (χ2n) is 5.55. The van der Waals surface area contributed by atoms with Gasteiger partial charge < -0.3 is 14.6 Å². The first-order valence-corrected chi connectivity index (χ1v) is 7.10. The third-order valence-electron chi connectivity index (χ3n) is 4.25. The van der Waals surface area contributed by atoms with Crippen LogP contribution in [0.5, 0.6) is 5.75 Å². The van der Waals surface area contributed by atoms with Crippen molar-refractivity contribution < 1.29 is 4.74 Å². The molecule has 102 valence electrons. The van der Waals surface area contributed by atoms with Gasteiger partial charge in [0.15, 0.2) is 0 Å². The Morgan fingerprint density at radius 2 is 2.11 bits per heavy atom. The van der Waals surface area contributed by atoms with Gasteiger partial charge in [0.05, 0.1) is 7.11 Å². The number of nitrogens with zero attached hydrogens (tertiary/aromatic N) is 1. The highest BCUT2D eigenvalue weighted by Crippen LogP contribution is 2.28. The summed E-state index contributed by atoms with van der Waals surface area (Å²) in [5.41, 5.74) is 2.76. The summed E-state index contributed by atoms with van der Waals surface area (Å²) >= 11 is 0. The van der Waals surface area contributed by atoms with E-state index < -0.39 is 0 Å². The smallest absolute Gasteiger partial charge is 0.119 e. The van der Waals surface area contributed by atoms with Crippen molar-refractivity contribution in [3.8, 4) is 5.75 Å². The van der Waals surface area contributed by atoms with E-state index in [1.165, 1.54) is 48.8 Å². The minimum absolute atomic E-state index is 0.818. The van der Waals surface area contributed by atoms with E-state index in [4.69, 9.17) is 4.74 Å². The van der Waals surface area contributed by atoms with E-state index in [0.29, 0.717) is 0 Å². The van der Waals surface area contributed by atoms with E-state index in [2.05, 4.69) is 35.3 Å². The fourth-order valence-electron chi connectivity index (χ4n) is 3.14. The van der Waals surface area contributed by atoms with Gasteiger partial charge in [-0.05, 0) is 62.0 Å². The molecule has 1 fully saturated rings. The third kappa shape index (κ3) is 2.47. The molecule has 3 heteroatoms. The third-order valence-corrected chi connectivity index (χ3v) is 4.25. The standard InChI is InChI=1S/C16H22N2O/c1-18-11-13(9-12-5-7-17-8-6-12)15-10-14(19-2)3-4-16(15)18/h3-4,10-12,17H,5-9H2,1-2H3. The zero-order chi connectivity index (χ0) is 13.2. The van der Waals surface area contributed by atoms with Crippen LogP contribution < -0.4 is 10.1 Å².